The molecule has 1 fully saturated rings. The van der Waals surface area contributed by atoms with Crippen LogP contribution < -0.4 is 0 Å². The molecule has 1 saturated heterocycles. The summed E-state index contributed by atoms with van der Waals surface area (Å²) < 4.78 is 10.2. The lowest BCUT2D eigenvalue weighted by molar-refractivity contribution is -0.145. The average molecular weight is 504 g/mol. The summed E-state index contributed by atoms with van der Waals surface area (Å²) in [5, 5.41) is -0.0396. The first-order valence-corrected chi connectivity index (χ1v) is 13.0. The average Bonchev–Trinajstić information content (AvgIpc) is 3.31. The number of ether oxygens (including phenoxy) is 2. The minimum atomic E-state index is -0.692. The Morgan fingerprint density at radius 1 is 0.806 bits per heavy atom. The summed E-state index contributed by atoms with van der Waals surface area (Å²) in [6.07, 6.45) is -0.0177. The van der Waals surface area contributed by atoms with Crippen molar-refractivity contribution in [2.45, 2.75) is 48.8 Å². The van der Waals surface area contributed by atoms with Crippen molar-refractivity contribution >= 4 is 23.8 Å². The van der Waals surface area contributed by atoms with E-state index in [2.05, 4.69) is 72.8 Å². The molecule has 1 heterocycles. The maximum Gasteiger partial charge on any atom is 0.411 e. The van der Waals surface area contributed by atoms with Crippen LogP contribution in [0.4, 0.5) is 4.79 Å². The van der Waals surface area contributed by atoms with E-state index >= 15 is 0 Å². The smallest absolute Gasteiger partial charge is 0.411 e. The molecule has 0 saturated carbocycles. The topological polar surface area (TPSA) is 55.8 Å². The van der Waals surface area contributed by atoms with Crippen LogP contribution in [0.15, 0.2) is 91.0 Å². The second kappa shape index (κ2) is 10.8. The summed E-state index contributed by atoms with van der Waals surface area (Å²) in [7, 11) is 1.36. The van der Waals surface area contributed by atoms with Gasteiger partial charge >= 0.3 is 12.1 Å². The van der Waals surface area contributed by atoms with E-state index in [4.69, 9.17) is 9.47 Å². The van der Waals surface area contributed by atoms with Gasteiger partial charge in [0.25, 0.3) is 0 Å². The van der Waals surface area contributed by atoms with Crippen LogP contribution in [0.2, 0.25) is 0 Å². The first-order valence-electron chi connectivity index (χ1n) is 12.2. The number of hydrogen-bond acceptors (Lipinski definition) is 5. The van der Waals surface area contributed by atoms with Gasteiger partial charge in [0, 0.05) is 11.8 Å². The van der Waals surface area contributed by atoms with Crippen LogP contribution in [0.3, 0.4) is 0 Å². The molecule has 0 aliphatic carbocycles. The van der Waals surface area contributed by atoms with Gasteiger partial charge in [-0.25, -0.2) is 9.59 Å². The van der Waals surface area contributed by atoms with Crippen LogP contribution in [0.1, 0.15) is 43.9 Å². The Morgan fingerprint density at radius 2 is 1.25 bits per heavy atom. The molecule has 0 aromatic heterocycles. The van der Waals surface area contributed by atoms with Crippen LogP contribution >= 0.6 is 11.8 Å². The lowest BCUT2D eigenvalue weighted by Gasteiger charge is -2.37. The summed E-state index contributed by atoms with van der Waals surface area (Å²) in [5.41, 5.74) is 2.75. The third-order valence-corrected chi connectivity index (χ3v) is 7.98. The number of likely N-dealkylation sites (tertiary alicyclic amines) is 1. The molecule has 0 bridgehead atoms. The number of esters is 1. The number of hydrogen-bond donors (Lipinski definition) is 0. The number of amides is 1. The Kier molecular flexibility index (Phi) is 7.74. The molecular weight excluding hydrogens is 470 g/mol. The first-order chi connectivity index (χ1) is 17.2. The molecule has 36 heavy (non-hydrogen) atoms. The Balaban J connectivity index is 1.79. The third kappa shape index (κ3) is 5.44. The minimum Gasteiger partial charge on any atom is -0.467 e. The number of methoxy groups -OCH3 is 1. The van der Waals surface area contributed by atoms with Gasteiger partial charge in [-0.15, -0.1) is 11.8 Å². The third-order valence-electron chi connectivity index (χ3n) is 6.25. The van der Waals surface area contributed by atoms with Gasteiger partial charge in [0.05, 0.1) is 11.9 Å². The van der Waals surface area contributed by atoms with Gasteiger partial charge in [0.2, 0.25) is 0 Å². The first kappa shape index (κ1) is 25.8. The fourth-order valence-electron chi connectivity index (χ4n) is 4.74. The van der Waals surface area contributed by atoms with Gasteiger partial charge in [-0.3, -0.25) is 4.90 Å². The molecule has 0 N–H and O–H groups in total. The SMILES string of the molecule is COC(=O)[C@@H]1C[C@H](SC(c2ccccc2)(c2ccccc2)c2ccccc2)CN1C(=O)OC(C)(C)C. The van der Waals surface area contributed by atoms with Gasteiger partial charge in [0.15, 0.2) is 0 Å². The predicted octanol–water partition coefficient (Wildman–Crippen LogP) is 6.26. The highest BCUT2D eigenvalue weighted by molar-refractivity contribution is 8.01. The number of rotatable bonds is 6. The van der Waals surface area contributed by atoms with Gasteiger partial charge in [0.1, 0.15) is 11.6 Å². The van der Waals surface area contributed by atoms with E-state index < -0.39 is 28.5 Å². The maximum atomic E-state index is 13.1. The van der Waals surface area contributed by atoms with Gasteiger partial charge in [-0.2, -0.15) is 0 Å². The van der Waals surface area contributed by atoms with E-state index in [0.717, 1.165) is 16.7 Å². The number of carbonyl (C=O) groups excluding carboxylic acids is 2. The largest absolute Gasteiger partial charge is 0.467 e. The molecule has 0 radical (unpaired) electrons. The lowest BCUT2D eigenvalue weighted by atomic mass is 9.84. The standard InChI is InChI=1S/C30H33NO4S/c1-29(2,3)35-28(33)31-21-25(20-26(31)27(32)34-4)36-30(22-14-8-5-9-15-22,23-16-10-6-11-17-23)24-18-12-7-13-19-24/h5-19,25-26H,20-21H2,1-4H3/t25-,26-/m0/s1. The fourth-order valence-corrected chi connectivity index (χ4v) is 6.57. The van der Waals surface area contributed by atoms with E-state index in [-0.39, 0.29) is 5.25 Å². The zero-order valence-electron chi connectivity index (χ0n) is 21.2. The normalized spacial score (nSPS) is 18.1. The van der Waals surface area contributed by atoms with Crippen molar-refractivity contribution < 1.29 is 19.1 Å². The number of nitrogens with zero attached hydrogens (tertiary/aromatic N) is 1. The Labute approximate surface area is 217 Å². The van der Waals surface area contributed by atoms with Crippen LogP contribution in [-0.4, -0.2) is 47.5 Å². The van der Waals surface area contributed by atoms with E-state index in [1.54, 1.807) is 11.8 Å². The molecule has 1 aliphatic heterocycles. The molecule has 5 nitrogen and oxygen atoms in total. The highest BCUT2D eigenvalue weighted by Gasteiger charge is 2.47. The minimum absolute atomic E-state index is 0.0396. The number of benzene rings is 3. The van der Waals surface area contributed by atoms with Gasteiger partial charge in [-0.1, -0.05) is 91.0 Å². The van der Waals surface area contributed by atoms with Crippen molar-refractivity contribution in [2.24, 2.45) is 0 Å². The Hall–Kier alpha value is -3.25. The van der Waals surface area contributed by atoms with E-state index in [0.29, 0.717) is 13.0 Å². The van der Waals surface area contributed by atoms with Crippen molar-refractivity contribution in [1.29, 1.82) is 0 Å². The lowest BCUT2D eigenvalue weighted by Crippen LogP contribution is -2.44. The number of carbonyl (C=O) groups is 2. The van der Waals surface area contributed by atoms with E-state index in [1.807, 2.05) is 39.0 Å². The fraction of sp³-hybridized carbons (Fsp3) is 0.333. The summed E-state index contributed by atoms with van der Waals surface area (Å²) in [6.45, 7) is 5.86. The molecular formula is C30H33NO4S. The monoisotopic (exact) mass is 503 g/mol. The summed E-state index contributed by atoms with van der Waals surface area (Å²) >= 11 is 1.77. The second-order valence-corrected chi connectivity index (χ2v) is 11.4. The molecule has 2 atom stereocenters. The van der Waals surface area contributed by atoms with Gasteiger partial charge < -0.3 is 9.47 Å². The Morgan fingerprint density at radius 3 is 1.64 bits per heavy atom. The van der Waals surface area contributed by atoms with Crippen LogP contribution in [0.25, 0.3) is 0 Å². The maximum absolute atomic E-state index is 13.1. The molecule has 3 aromatic carbocycles. The molecule has 1 aliphatic rings. The zero-order valence-corrected chi connectivity index (χ0v) is 22.0. The summed E-state index contributed by atoms with van der Waals surface area (Å²) in [4.78, 5) is 27.4. The van der Waals surface area contributed by atoms with E-state index in [1.165, 1.54) is 12.0 Å². The van der Waals surface area contributed by atoms with Crippen LogP contribution in [-0.2, 0) is 19.0 Å². The number of thioether (sulfide) groups is 1. The van der Waals surface area contributed by atoms with Crippen molar-refractivity contribution in [1.82, 2.24) is 4.90 Å². The van der Waals surface area contributed by atoms with Crippen molar-refractivity contribution in [3.63, 3.8) is 0 Å². The van der Waals surface area contributed by atoms with Crippen LogP contribution in [0.5, 0.6) is 0 Å². The highest BCUT2D eigenvalue weighted by atomic mass is 32.2. The molecule has 3 aromatic rings. The molecule has 6 heteroatoms. The molecule has 0 unspecified atom stereocenters. The van der Waals surface area contributed by atoms with Crippen LogP contribution in [0, 0.1) is 0 Å². The summed E-state index contributed by atoms with van der Waals surface area (Å²) in [5.74, 6) is -0.423. The highest BCUT2D eigenvalue weighted by Crippen LogP contribution is 2.52. The molecule has 188 valence electrons. The summed E-state index contributed by atoms with van der Waals surface area (Å²) in [6, 6.07) is 30.5. The van der Waals surface area contributed by atoms with E-state index in [9.17, 15) is 9.59 Å². The molecule has 4 rings (SSSR count). The predicted molar refractivity (Wildman–Crippen MR) is 144 cm³/mol. The van der Waals surface area contributed by atoms with Crippen molar-refractivity contribution in [2.75, 3.05) is 13.7 Å². The Bertz CT molecular complexity index is 1070. The zero-order chi connectivity index (χ0) is 25.8. The second-order valence-electron chi connectivity index (χ2n) is 9.93. The van der Waals surface area contributed by atoms with Crippen molar-refractivity contribution in [3.05, 3.63) is 108 Å². The van der Waals surface area contributed by atoms with Crippen molar-refractivity contribution in [3.8, 4) is 0 Å². The quantitative estimate of drug-likeness (QED) is 0.293. The molecule has 1 amide bonds. The molecule has 0 spiro atoms. The van der Waals surface area contributed by atoms with Gasteiger partial charge in [-0.05, 0) is 43.9 Å².